The van der Waals surface area contributed by atoms with E-state index >= 15 is 0 Å². The van der Waals surface area contributed by atoms with Gasteiger partial charge in [0.15, 0.2) is 0 Å². The first-order chi connectivity index (χ1) is 9.70. The van der Waals surface area contributed by atoms with E-state index < -0.39 is 0 Å². The predicted molar refractivity (Wildman–Crippen MR) is 81.7 cm³/mol. The predicted octanol–water partition coefficient (Wildman–Crippen LogP) is 2.89. The lowest BCUT2D eigenvalue weighted by atomic mass is 10.2. The van der Waals surface area contributed by atoms with Gasteiger partial charge in [-0.2, -0.15) is 5.26 Å². The molecule has 1 aromatic heterocycles. The summed E-state index contributed by atoms with van der Waals surface area (Å²) in [6.45, 7) is 2.97. The van der Waals surface area contributed by atoms with Crippen LogP contribution in [0.5, 0.6) is 0 Å². The highest BCUT2D eigenvalue weighted by atomic mass is 15.1. The van der Waals surface area contributed by atoms with Crippen molar-refractivity contribution in [3.05, 3.63) is 54.4 Å². The minimum atomic E-state index is 0.341. The van der Waals surface area contributed by atoms with Crippen LogP contribution in [-0.4, -0.2) is 24.6 Å². The Bertz CT molecular complexity index is 572. The Morgan fingerprint density at radius 3 is 2.60 bits per heavy atom. The fourth-order valence-corrected chi connectivity index (χ4v) is 1.88. The number of hydrogen-bond donors (Lipinski definition) is 1. The average molecular weight is 266 g/mol. The molecule has 1 aromatic carbocycles. The molecule has 0 aliphatic carbocycles. The van der Waals surface area contributed by atoms with Crippen molar-refractivity contribution in [2.45, 2.75) is 13.0 Å². The normalized spacial score (nSPS) is 11.4. The molecule has 0 radical (unpaired) electrons. The SMILES string of the molecule is CC(CNc1ccc(C#N)nc1)N(C)c1ccccc1. The third kappa shape index (κ3) is 3.48. The molecule has 1 unspecified atom stereocenters. The van der Waals surface area contributed by atoms with Crippen molar-refractivity contribution in [2.75, 3.05) is 23.8 Å². The number of aromatic nitrogens is 1. The molecule has 2 rings (SSSR count). The molecule has 0 saturated carbocycles. The van der Waals surface area contributed by atoms with Gasteiger partial charge in [-0.1, -0.05) is 18.2 Å². The maximum Gasteiger partial charge on any atom is 0.140 e. The minimum Gasteiger partial charge on any atom is -0.382 e. The first-order valence-electron chi connectivity index (χ1n) is 6.58. The number of para-hydroxylation sites is 1. The van der Waals surface area contributed by atoms with Gasteiger partial charge >= 0.3 is 0 Å². The molecule has 1 atom stereocenters. The summed E-state index contributed by atoms with van der Waals surface area (Å²) >= 11 is 0. The number of benzene rings is 1. The molecule has 0 saturated heterocycles. The summed E-state index contributed by atoms with van der Waals surface area (Å²) < 4.78 is 0. The van der Waals surface area contributed by atoms with Crippen LogP contribution in [0.4, 0.5) is 11.4 Å². The van der Waals surface area contributed by atoms with Gasteiger partial charge in [-0.05, 0) is 31.2 Å². The van der Waals surface area contributed by atoms with E-state index in [0.29, 0.717) is 11.7 Å². The number of nitriles is 1. The lowest BCUT2D eigenvalue weighted by Gasteiger charge is -2.27. The number of rotatable bonds is 5. The highest BCUT2D eigenvalue weighted by molar-refractivity contribution is 5.47. The average Bonchev–Trinajstić information content (AvgIpc) is 2.53. The van der Waals surface area contributed by atoms with Gasteiger partial charge < -0.3 is 10.2 Å². The quantitative estimate of drug-likeness (QED) is 0.904. The van der Waals surface area contributed by atoms with Gasteiger partial charge in [-0.3, -0.25) is 0 Å². The largest absolute Gasteiger partial charge is 0.382 e. The molecule has 0 amide bonds. The van der Waals surface area contributed by atoms with E-state index in [1.807, 2.05) is 30.3 Å². The van der Waals surface area contributed by atoms with E-state index in [-0.39, 0.29) is 0 Å². The lowest BCUT2D eigenvalue weighted by molar-refractivity contribution is 0.716. The summed E-state index contributed by atoms with van der Waals surface area (Å²) in [5.74, 6) is 0. The van der Waals surface area contributed by atoms with Gasteiger partial charge in [0, 0.05) is 25.3 Å². The molecule has 0 aliphatic rings. The first kappa shape index (κ1) is 13.9. The van der Waals surface area contributed by atoms with Crippen molar-refractivity contribution in [2.24, 2.45) is 0 Å². The standard InChI is InChI=1S/C16H18N4/c1-13(20(2)16-6-4-3-5-7-16)11-18-15-9-8-14(10-17)19-12-15/h3-9,12-13,18H,11H2,1-2H3. The molecular formula is C16H18N4. The summed E-state index contributed by atoms with van der Waals surface area (Å²) in [7, 11) is 2.08. The van der Waals surface area contributed by atoms with Gasteiger partial charge in [-0.25, -0.2) is 4.98 Å². The Kier molecular flexibility index (Phi) is 4.56. The number of pyridine rings is 1. The monoisotopic (exact) mass is 266 g/mol. The Balaban J connectivity index is 1.91. The highest BCUT2D eigenvalue weighted by Crippen LogP contribution is 2.14. The Morgan fingerprint density at radius 2 is 2.00 bits per heavy atom. The second-order valence-corrected chi connectivity index (χ2v) is 4.72. The van der Waals surface area contributed by atoms with Crippen LogP contribution in [-0.2, 0) is 0 Å². The van der Waals surface area contributed by atoms with Gasteiger partial charge in [0.25, 0.3) is 0 Å². The van der Waals surface area contributed by atoms with E-state index in [9.17, 15) is 0 Å². The molecule has 1 heterocycles. The van der Waals surface area contributed by atoms with Gasteiger partial charge in [0.1, 0.15) is 11.8 Å². The zero-order chi connectivity index (χ0) is 14.4. The lowest BCUT2D eigenvalue weighted by Crippen LogP contribution is -2.34. The maximum absolute atomic E-state index is 8.71. The molecule has 4 heteroatoms. The minimum absolute atomic E-state index is 0.341. The van der Waals surface area contributed by atoms with Gasteiger partial charge in [-0.15, -0.1) is 0 Å². The van der Waals surface area contributed by atoms with E-state index in [2.05, 4.69) is 41.3 Å². The van der Waals surface area contributed by atoms with Crippen LogP contribution >= 0.6 is 0 Å². The summed E-state index contributed by atoms with van der Waals surface area (Å²) in [5, 5.41) is 12.0. The Morgan fingerprint density at radius 1 is 1.25 bits per heavy atom. The molecule has 0 fully saturated rings. The third-order valence-corrected chi connectivity index (χ3v) is 3.30. The van der Waals surface area contributed by atoms with E-state index in [4.69, 9.17) is 5.26 Å². The maximum atomic E-state index is 8.71. The molecule has 20 heavy (non-hydrogen) atoms. The number of hydrogen-bond acceptors (Lipinski definition) is 4. The van der Waals surface area contributed by atoms with Crippen LogP contribution in [0.3, 0.4) is 0 Å². The molecular weight excluding hydrogens is 248 g/mol. The molecule has 0 spiro atoms. The number of nitrogens with one attached hydrogen (secondary N) is 1. The second-order valence-electron chi connectivity index (χ2n) is 4.72. The summed E-state index contributed by atoms with van der Waals surface area (Å²) in [5.41, 5.74) is 2.56. The fourth-order valence-electron chi connectivity index (χ4n) is 1.88. The van der Waals surface area contributed by atoms with Crippen molar-refractivity contribution in [1.82, 2.24) is 4.98 Å². The van der Waals surface area contributed by atoms with Gasteiger partial charge in [0.2, 0.25) is 0 Å². The summed E-state index contributed by atoms with van der Waals surface area (Å²) in [6.07, 6.45) is 1.69. The van der Waals surface area contributed by atoms with Crippen LogP contribution in [0.2, 0.25) is 0 Å². The Labute approximate surface area is 119 Å². The number of nitrogens with zero attached hydrogens (tertiary/aromatic N) is 3. The molecule has 2 aromatic rings. The van der Waals surface area contributed by atoms with E-state index in [0.717, 1.165) is 12.2 Å². The van der Waals surface area contributed by atoms with Crippen molar-refractivity contribution in [3.8, 4) is 6.07 Å². The van der Waals surface area contributed by atoms with Crippen LogP contribution in [0.15, 0.2) is 48.7 Å². The number of anilines is 2. The van der Waals surface area contributed by atoms with Crippen LogP contribution in [0, 0.1) is 11.3 Å². The zero-order valence-corrected chi connectivity index (χ0v) is 11.7. The van der Waals surface area contributed by atoms with E-state index in [1.54, 1.807) is 12.3 Å². The van der Waals surface area contributed by atoms with Crippen molar-refractivity contribution in [3.63, 3.8) is 0 Å². The summed E-state index contributed by atoms with van der Waals surface area (Å²) in [4.78, 5) is 6.27. The molecule has 0 bridgehead atoms. The van der Waals surface area contributed by atoms with Crippen molar-refractivity contribution >= 4 is 11.4 Å². The van der Waals surface area contributed by atoms with Gasteiger partial charge in [0.05, 0.1) is 11.9 Å². The second kappa shape index (κ2) is 6.58. The van der Waals surface area contributed by atoms with Crippen molar-refractivity contribution < 1.29 is 0 Å². The first-order valence-corrected chi connectivity index (χ1v) is 6.58. The molecule has 4 nitrogen and oxygen atoms in total. The molecule has 1 N–H and O–H groups in total. The fraction of sp³-hybridized carbons (Fsp3) is 0.250. The van der Waals surface area contributed by atoms with Crippen molar-refractivity contribution in [1.29, 1.82) is 5.26 Å². The Hall–Kier alpha value is -2.54. The third-order valence-electron chi connectivity index (χ3n) is 3.30. The number of likely N-dealkylation sites (N-methyl/N-ethyl adjacent to an activating group) is 1. The van der Waals surface area contributed by atoms with Crippen LogP contribution in [0.25, 0.3) is 0 Å². The highest BCUT2D eigenvalue weighted by Gasteiger charge is 2.09. The molecule has 102 valence electrons. The van der Waals surface area contributed by atoms with E-state index in [1.165, 1.54) is 5.69 Å². The zero-order valence-electron chi connectivity index (χ0n) is 11.7. The van der Waals surface area contributed by atoms with Crippen LogP contribution < -0.4 is 10.2 Å². The topological polar surface area (TPSA) is 52.0 Å². The van der Waals surface area contributed by atoms with Crippen LogP contribution in [0.1, 0.15) is 12.6 Å². The smallest absolute Gasteiger partial charge is 0.140 e. The summed E-state index contributed by atoms with van der Waals surface area (Å²) in [6, 6.07) is 16.2. The molecule has 0 aliphatic heterocycles.